The summed E-state index contributed by atoms with van der Waals surface area (Å²) in [7, 11) is 1.79. The van der Waals surface area contributed by atoms with Gasteiger partial charge in [-0.3, -0.25) is 9.69 Å². The predicted octanol–water partition coefficient (Wildman–Crippen LogP) is 1.87. The summed E-state index contributed by atoms with van der Waals surface area (Å²) in [6, 6.07) is 5.95. The van der Waals surface area contributed by atoms with Crippen LogP contribution in [0.5, 0.6) is 0 Å². The van der Waals surface area contributed by atoms with Crippen molar-refractivity contribution in [2.75, 3.05) is 31.1 Å². The molecule has 0 aromatic carbocycles. The Hall–Kier alpha value is -2.21. The smallest absolute Gasteiger partial charge is 0.250 e. The topological polar surface area (TPSA) is 54.3 Å². The Morgan fingerprint density at radius 1 is 1.12 bits per heavy atom. The Kier molecular flexibility index (Phi) is 4.53. The van der Waals surface area contributed by atoms with Gasteiger partial charge in [0.1, 0.15) is 12.1 Å². The van der Waals surface area contributed by atoms with E-state index in [1.54, 1.807) is 24.0 Å². The van der Waals surface area contributed by atoms with Crippen molar-refractivity contribution in [1.29, 1.82) is 0 Å². The van der Waals surface area contributed by atoms with Crippen LogP contribution in [0.25, 0.3) is 0 Å². The molecule has 0 radical (unpaired) electrons. The zero-order chi connectivity index (χ0) is 18.3. The van der Waals surface area contributed by atoms with Crippen molar-refractivity contribution in [3.8, 4) is 0 Å². The number of rotatable bonds is 4. The van der Waals surface area contributed by atoms with E-state index in [1.165, 1.54) is 0 Å². The summed E-state index contributed by atoms with van der Waals surface area (Å²) in [5.41, 5.74) is 2.29. The molecule has 138 valence electrons. The average Bonchev–Trinajstić information content (AvgIpc) is 3.17. The number of nitrogens with zero attached hydrogens (tertiary/aromatic N) is 5. The molecule has 2 atom stereocenters. The van der Waals surface area contributed by atoms with Crippen LogP contribution in [-0.4, -0.2) is 45.6 Å². The molecule has 0 aliphatic carbocycles. The highest BCUT2D eigenvalue weighted by Gasteiger charge is 2.40. The third-order valence-corrected chi connectivity index (χ3v) is 5.73. The van der Waals surface area contributed by atoms with E-state index in [9.17, 15) is 4.79 Å². The predicted molar refractivity (Wildman–Crippen MR) is 102 cm³/mol. The van der Waals surface area contributed by atoms with Crippen molar-refractivity contribution in [2.45, 2.75) is 26.3 Å². The first kappa shape index (κ1) is 17.2. The molecule has 4 heterocycles. The van der Waals surface area contributed by atoms with Crippen LogP contribution in [0.1, 0.15) is 31.0 Å². The molecule has 2 unspecified atom stereocenters. The molecular formula is C20H27N5O. The third-order valence-electron chi connectivity index (χ3n) is 5.73. The lowest BCUT2D eigenvalue weighted by Gasteiger charge is -2.22. The van der Waals surface area contributed by atoms with Gasteiger partial charge in [0.15, 0.2) is 0 Å². The number of hydrogen-bond donors (Lipinski definition) is 0. The van der Waals surface area contributed by atoms with Gasteiger partial charge in [0.2, 0.25) is 0 Å². The average molecular weight is 353 g/mol. The van der Waals surface area contributed by atoms with Gasteiger partial charge >= 0.3 is 0 Å². The molecule has 0 N–H and O–H groups in total. The molecule has 2 aromatic rings. The first-order valence-electron chi connectivity index (χ1n) is 9.44. The number of pyridine rings is 1. The summed E-state index contributed by atoms with van der Waals surface area (Å²) in [6.07, 6.45) is 3.55. The second-order valence-electron chi connectivity index (χ2n) is 8.06. The molecular weight excluding hydrogens is 326 g/mol. The van der Waals surface area contributed by atoms with Crippen molar-refractivity contribution in [3.05, 3.63) is 52.3 Å². The quantitative estimate of drug-likeness (QED) is 0.840. The summed E-state index contributed by atoms with van der Waals surface area (Å²) in [5.74, 6) is 2.85. The van der Waals surface area contributed by atoms with E-state index in [1.807, 2.05) is 6.20 Å². The molecule has 2 saturated heterocycles. The summed E-state index contributed by atoms with van der Waals surface area (Å²) < 4.78 is 1.62. The highest BCUT2D eigenvalue weighted by atomic mass is 16.1. The van der Waals surface area contributed by atoms with Crippen LogP contribution in [0.2, 0.25) is 0 Å². The maximum atomic E-state index is 11.8. The van der Waals surface area contributed by atoms with Crippen molar-refractivity contribution in [2.24, 2.45) is 18.9 Å². The first-order valence-corrected chi connectivity index (χ1v) is 9.44. The minimum atomic E-state index is 0.0674. The molecule has 2 fully saturated rings. The molecule has 2 aliphatic heterocycles. The highest BCUT2D eigenvalue weighted by Crippen LogP contribution is 2.34. The molecule has 0 saturated carbocycles. The Morgan fingerprint density at radius 3 is 2.50 bits per heavy atom. The number of anilines is 1. The SMILES string of the molecule is CC(C)c1cc(N2CC3CN(Cc4ccn(C)c(=O)c4)CC3C2)ncn1. The normalized spacial score (nSPS) is 23.0. The standard InChI is InChI=1S/C20H27N5O/c1-14(2)18-7-19(22-13-21-18)25-11-16-9-24(10-17(16)12-25)8-15-4-5-23(3)20(26)6-15/h4-7,13-14,16-17H,8-12H2,1-3H3. The van der Waals surface area contributed by atoms with Crippen LogP contribution in [0, 0.1) is 11.8 Å². The fourth-order valence-corrected chi connectivity index (χ4v) is 4.20. The third kappa shape index (κ3) is 3.38. The zero-order valence-corrected chi connectivity index (χ0v) is 15.8. The van der Waals surface area contributed by atoms with Crippen LogP contribution < -0.4 is 10.5 Å². The van der Waals surface area contributed by atoms with Gasteiger partial charge in [-0.05, 0) is 29.4 Å². The van der Waals surface area contributed by atoms with E-state index in [-0.39, 0.29) is 5.56 Å². The minimum absolute atomic E-state index is 0.0674. The number of aryl methyl sites for hydroxylation is 1. The maximum absolute atomic E-state index is 11.8. The summed E-state index contributed by atoms with van der Waals surface area (Å²) >= 11 is 0. The summed E-state index contributed by atoms with van der Waals surface area (Å²) in [4.78, 5) is 25.6. The molecule has 0 spiro atoms. The molecule has 6 heteroatoms. The molecule has 0 bridgehead atoms. The minimum Gasteiger partial charge on any atom is -0.356 e. The van der Waals surface area contributed by atoms with Crippen LogP contribution in [-0.2, 0) is 13.6 Å². The van der Waals surface area contributed by atoms with E-state index in [0.717, 1.165) is 49.8 Å². The monoisotopic (exact) mass is 353 g/mol. The number of fused-ring (bicyclic) bond motifs is 1. The Labute approximate surface area is 154 Å². The van der Waals surface area contributed by atoms with Crippen LogP contribution in [0.3, 0.4) is 0 Å². The van der Waals surface area contributed by atoms with Crippen molar-refractivity contribution in [3.63, 3.8) is 0 Å². The van der Waals surface area contributed by atoms with E-state index in [2.05, 4.69) is 45.7 Å². The Balaban J connectivity index is 1.39. The van der Waals surface area contributed by atoms with Gasteiger partial charge in [0, 0.05) is 63.8 Å². The number of aromatic nitrogens is 3. The zero-order valence-electron chi connectivity index (χ0n) is 15.8. The summed E-state index contributed by atoms with van der Waals surface area (Å²) in [6.45, 7) is 9.52. The molecule has 2 aliphatic rings. The highest BCUT2D eigenvalue weighted by molar-refractivity contribution is 5.41. The Morgan fingerprint density at radius 2 is 1.85 bits per heavy atom. The fourth-order valence-electron chi connectivity index (χ4n) is 4.20. The lowest BCUT2D eigenvalue weighted by molar-refractivity contribution is 0.308. The van der Waals surface area contributed by atoms with Crippen LogP contribution >= 0.6 is 0 Å². The van der Waals surface area contributed by atoms with E-state index < -0.39 is 0 Å². The summed E-state index contributed by atoms with van der Waals surface area (Å²) in [5, 5.41) is 0. The van der Waals surface area contributed by atoms with Gasteiger partial charge in [-0.2, -0.15) is 0 Å². The van der Waals surface area contributed by atoms with Gasteiger partial charge in [-0.25, -0.2) is 9.97 Å². The van der Waals surface area contributed by atoms with E-state index in [4.69, 9.17) is 0 Å². The number of likely N-dealkylation sites (tertiary alicyclic amines) is 1. The first-order chi connectivity index (χ1) is 12.5. The van der Waals surface area contributed by atoms with Crippen molar-refractivity contribution < 1.29 is 0 Å². The molecule has 4 rings (SSSR count). The van der Waals surface area contributed by atoms with Crippen molar-refractivity contribution in [1.82, 2.24) is 19.4 Å². The molecule has 6 nitrogen and oxygen atoms in total. The van der Waals surface area contributed by atoms with E-state index in [0.29, 0.717) is 17.8 Å². The van der Waals surface area contributed by atoms with Crippen molar-refractivity contribution >= 4 is 5.82 Å². The Bertz CT molecular complexity index is 832. The van der Waals surface area contributed by atoms with Gasteiger partial charge in [0.25, 0.3) is 5.56 Å². The van der Waals surface area contributed by atoms with Crippen LogP contribution in [0.15, 0.2) is 35.5 Å². The lowest BCUT2D eigenvalue weighted by Crippen LogP contribution is -2.29. The lowest BCUT2D eigenvalue weighted by atomic mass is 10.0. The maximum Gasteiger partial charge on any atom is 0.250 e. The fraction of sp³-hybridized carbons (Fsp3) is 0.550. The van der Waals surface area contributed by atoms with Gasteiger partial charge < -0.3 is 9.47 Å². The largest absolute Gasteiger partial charge is 0.356 e. The molecule has 26 heavy (non-hydrogen) atoms. The molecule has 0 amide bonds. The molecule has 2 aromatic heterocycles. The number of hydrogen-bond acceptors (Lipinski definition) is 5. The van der Waals surface area contributed by atoms with Gasteiger partial charge in [-0.1, -0.05) is 13.8 Å². The van der Waals surface area contributed by atoms with E-state index >= 15 is 0 Å². The van der Waals surface area contributed by atoms with Gasteiger partial charge in [-0.15, -0.1) is 0 Å². The van der Waals surface area contributed by atoms with Gasteiger partial charge in [0.05, 0.1) is 0 Å². The second-order valence-corrected chi connectivity index (χ2v) is 8.06. The second kappa shape index (κ2) is 6.83. The van der Waals surface area contributed by atoms with Crippen LogP contribution in [0.4, 0.5) is 5.82 Å².